The van der Waals surface area contributed by atoms with Crippen LogP contribution in [0.5, 0.6) is 0 Å². The molecule has 10 heteroatoms. The SMILES string of the molecule is CC(C)(C)OC(=O)C1(CSc2nncs2)CS[C@@H]2C(N)C(=O)N2C1. The molecule has 1 aromatic heterocycles. The van der Waals surface area contributed by atoms with Gasteiger partial charge in [-0.3, -0.25) is 9.59 Å². The smallest absolute Gasteiger partial charge is 0.316 e. The molecule has 0 spiro atoms. The number of hydrogen-bond donors (Lipinski definition) is 1. The van der Waals surface area contributed by atoms with Crippen LogP contribution in [0.25, 0.3) is 0 Å². The van der Waals surface area contributed by atoms with Crippen LogP contribution in [-0.2, 0) is 14.3 Å². The molecule has 0 aromatic carbocycles. The maximum absolute atomic E-state index is 12.9. The number of aromatic nitrogens is 2. The molecule has 0 bridgehead atoms. The first-order valence-electron chi connectivity index (χ1n) is 7.52. The van der Waals surface area contributed by atoms with E-state index < -0.39 is 17.1 Å². The highest BCUT2D eigenvalue weighted by Crippen LogP contribution is 2.44. The summed E-state index contributed by atoms with van der Waals surface area (Å²) in [6.45, 7) is 5.89. The molecule has 2 saturated heterocycles. The molecule has 1 aromatic rings. The maximum atomic E-state index is 12.9. The minimum atomic E-state index is -0.763. The standard InChI is InChI=1S/C14H20N4O3S3/c1-13(2,3)21-11(20)14(6-23-12-17-16-7-24-12)4-18-9(19)8(15)10(18)22-5-14/h7-8,10H,4-6,15H2,1-3H3/t8?,10-,14?/m1/s1. The van der Waals surface area contributed by atoms with Crippen molar-refractivity contribution in [3.63, 3.8) is 0 Å². The second kappa shape index (κ2) is 6.47. The van der Waals surface area contributed by atoms with Gasteiger partial charge in [0.25, 0.3) is 0 Å². The van der Waals surface area contributed by atoms with Crippen molar-refractivity contribution >= 4 is 46.7 Å². The van der Waals surface area contributed by atoms with Gasteiger partial charge >= 0.3 is 5.97 Å². The summed E-state index contributed by atoms with van der Waals surface area (Å²) in [6, 6.07) is -0.456. The second-order valence-corrected chi connectivity index (χ2v) is 10.1. The summed E-state index contributed by atoms with van der Waals surface area (Å²) in [6.07, 6.45) is 0. The molecule has 0 saturated carbocycles. The van der Waals surface area contributed by atoms with Gasteiger partial charge in [0.15, 0.2) is 4.34 Å². The van der Waals surface area contributed by atoms with Gasteiger partial charge in [-0.1, -0.05) is 23.1 Å². The lowest BCUT2D eigenvalue weighted by Gasteiger charge is -2.53. The van der Waals surface area contributed by atoms with Crippen LogP contribution >= 0.6 is 34.9 Å². The van der Waals surface area contributed by atoms with Crippen LogP contribution in [0.4, 0.5) is 0 Å². The quantitative estimate of drug-likeness (QED) is 0.467. The molecule has 7 nitrogen and oxygen atoms in total. The van der Waals surface area contributed by atoms with E-state index >= 15 is 0 Å². The van der Waals surface area contributed by atoms with Crippen molar-refractivity contribution in [1.29, 1.82) is 0 Å². The average Bonchev–Trinajstić information content (AvgIpc) is 3.03. The van der Waals surface area contributed by atoms with E-state index in [1.165, 1.54) is 23.1 Å². The summed E-state index contributed by atoms with van der Waals surface area (Å²) in [7, 11) is 0. The van der Waals surface area contributed by atoms with E-state index in [9.17, 15) is 9.59 Å². The number of amides is 1. The highest BCUT2D eigenvalue weighted by atomic mass is 32.2. The van der Waals surface area contributed by atoms with Crippen molar-refractivity contribution in [3.8, 4) is 0 Å². The van der Waals surface area contributed by atoms with Gasteiger partial charge in [-0.25, -0.2) is 0 Å². The Bertz CT molecular complexity index is 634. The van der Waals surface area contributed by atoms with Gasteiger partial charge in [0.05, 0.1) is 0 Å². The molecule has 2 N–H and O–H groups in total. The molecule has 0 radical (unpaired) electrons. The lowest BCUT2D eigenvalue weighted by Crippen LogP contribution is -2.72. The zero-order chi connectivity index (χ0) is 17.5. The molecule has 24 heavy (non-hydrogen) atoms. The van der Waals surface area contributed by atoms with Gasteiger partial charge in [0, 0.05) is 18.1 Å². The van der Waals surface area contributed by atoms with E-state index in [4.69, 9.17) is 10.5 Å². The zero-order valence-corrected chi connectivity index (χ0v) is 16.2. The first kappa shape index (κ1) is 18.0. The van der Waals surface area contributed by atoms with E-state index in [1.54, 1.807) is 22.2 Å². The number of β-lactam (4-membered cyclic amide) rings is 1. The van der Waals surface area contributed by atoms with Crippen LogP contribution in [0, 0.1) is 5.41 Å². The molecule has 2 fully saturated rings. The minimum Gasteiger partial charge on any atom is -0.459 e. The number of nitrogens with zero attached hydrogens (tertiary/aromatic N) is 3. The molecule has 2 aliphatic rings. The topological polar surface area (TPSA) is 98.4 Å². The molecule has 132 valence electrons. The summed E-state index contributed by atoms with van der Waals surface area (Å²) in [4.78, 5) is 26.6. The summed E-state index contributed by atoms with van der Waals surface area (Å²) in [5, 5.41) is 7.80. The number of esters is 1. The number of carbonyl (C=O) groups excluding carboxylic acids is 2. The van der Waals surface area contributed by atoms with E-state index in [2.05, 4.69) is 10.2 Å². The first-order chi connectivity index (χ1) is 11.2. The average molecular weight is 389 g/mol. The minimum absolute atomic E-state index is 0.0282. The van der Waals surface area contributed by atoms with Crippen molar-refractivity contribution in [2.45, 2.75) is 42.1 Å². The Kier molecular flexibility index (Phi) is 4.84. The van der Waals surface area contributed by atoms with E-state index in [0.29, 0.717) is 18.1 Å². The summed E-state index contributed by atoms with van der Waals surface area (Å²) >= 11 is 4.47. The fourth-order valence-corrected chi connectivity index (χ4v) is 5.90. The van der Waals surface area contributed by atoms with Crippen LogP contribution in [0.2, 0.25) is 0 Å². The molecule has 3 rings (SSSR count). The van der Waals surface area contributed by atoms with Crippen molar-refractivity contribution in [2.75, 3.05) is 18.1 Å². The lowest BCUT2D eigenvalue weighted by atomic mass is 9.89. The molecule has 3 heterocycles. The number of carbonyl (C=O) groups is 2. The third-order valence-corrected chi connectivity index (χ3v) is 7.59. The normalized spacial score (nSPS) is 29.8. The van der Waals surface area contributed by atoms with Crippen LogP contribution in [0.1, 0.15) is 20.8 Å². The van der Waals surface area contributed by atoms with E-state index in [1.807, 2.05) is 20.8 Å². The summed E-state index contributed by atoms with van der Waals surface area (Å²) in [5.74, 6) is 0.707. The van der Waals surface area contributed by atoms with Gasteiger partial charge < -0.3 is 15.4 Å². The molecule has 1 amide bonds. The fourth-order valence-electron chi connectivity index (χ4n) is 2.61. The predicted molar refractivity (Wildman–Crippen MR) is 94.8 cm³/mol. The fraction of sp³-hybridized carbons (Fsp3) is 0.714. The van der Waals surface area contributed by atoms with E-state index in [0.717, 1.165) is 4.34 Å². The van der Waals surface area contributed by atoms with E-state index in [-0.39, 0.29) is 17.3 Å². The largest absolute Gasteiger partial charge is 0.459 e. The Balaban J connectivity index is 1.78. The first-order valence-corrected chi connectivity index (χ1v) is 10.4. The number of rotatable bonds is 4. The Morgan fingerprint density at radius 2 is 2.33 bits per heavy atom. The number of hydrogen-bond acceptors (Lipinski definition) is 9. The van der Waals surface area contributed by atoms with Crippen molar-refractivity contribution in [2.24, 2.45) is 11.1 Å². The monoisotopic (exact) mass is 388 g/mol. The van der Waals surface area contributed by atoms with Gasteiger partial charge in [-0.2, -0.15) is 0 Å². The molecular weight excluding hydrogens is 368 g/mol. The number of thioether (sulfide) groups is 2. The summed E-state index contributed by atoms with van der Waals surface area (Å²) in [5.41, 5.74) is 6.16. The van der Waals surface area contributed by atoms with Gasteiger partial charge in [-0.15, -0.1) is 22.0 Å². The predicted octanol–water partition coefficient (Wildman–Crippen LogP) is 1.20. The Hall–Kier alpha value is -0.840. The zero-order valence-electron chi connectivity index (χ0n) is 13.7. The van der Waals surface area contributed by atoms with Crippen LogP contribution < -0.4 is 5.73 Å². The molecule has 3 atom stereocenters. The Morgan fingerprint density at radius 1 is 1.58 bits per heavy atom. The van der Waals surface area contributed by atoms with Gasteiger partial charge in [-0.05, 0) is 20.8 Å². The second-order valence-electron chi connectivity index (χ2n) is 6.97. The molecule has 0 aliphatic carbocycles. The Morgan fingerprint density at radius 3 is 2.96 bits per heavy atom. The highest BCUT2D eigenvalue weighted by molar-refractivity contribution is 8.01. The lowest BCUT2D eigenvalue weighted by molar-refractivity contribution is -0.169. The molecule has 2 unspecified atom stereocenters. The van der Waals surface area contributed by atoms with Crippen molar-refractivity contribution < 1.29 is 14.3 Å². The number of ether oxygens (including phenoxy) is 1. The number of fused-ring (bicyclic) bond motifs is 1. The van der Waals surface area contributed by atoms with Crippen LogP contribution in [0.3, 0.4) is 0 Å². The van der Waals surface area contributed by atoms with Crippen LogP contribution in [0.15, 0.2) is 9.85 Å². The van der Waals surface area contributed by atoms with Crippen molar-refractivity contribution in [1.82, 2.24) is 15.1 Å². The van der Waals surface area contributed by atoms with Gasteiger partial charge in [0.1, 0.15) is 27.9 Å². The highest BCUT2D eigenvalue weighted by Gasteiger charge is 2.56. The van der Waals surface area contributed by atoms with Crippen molar-refractivity contribution in [3.05, 3.63) is 5.51 Å². The maximum Gasteiger partial charge on any atom is 0.316 e. The van der Waals surface area contributed by atoms with Gasteiger partial charge in [0.2, 0.25) is 5.91 Å². The summed E-state index contributed by atoms with van der Waals surface area (Å²) < 4.78 is 6.46. The third-order valence-electron chi connectivity index (χ3n) is 3.83. The molecule has 2 aliphatic heterocycles. The molecular formula is C14H20N4O3S3. The van der Waals surface area contributed by atoms with Crippen LogP contribution in [-0.4, -0.2) is 62.0 Å². The number of nitrogens with two attached hydrogens (primary N) is 1. The third kappa shape index (κ3) is 3.42. The Labute approximate surface area is 153 Å².